The lowest BCUT2D eigenvalue weighted by molar-refractivity contribution is -0.0381. The normalized spacial score (nSPS) is 23.6. The van der Waals surface area contributed by atoms with Gasteiger partial charge >= 0.3 is 0 Å². The van der Waals surface area contributed by atoms with E-state index < -0.39 is 0 Å². The zero-order valence-electron chi connectivity index (χ0n) is 17.0. The van der Waals surface area contributed by atoms with Gasteiger partial charge in [-0.2, -0.15) is 0 Å². The number of nitrogens with one attached hydrogen (secondary N) is 1. The molecule has 3 heterocycles. The summed E-state index contributed by atoms with van der Waals surface area (Å²) in [6.45, 7) is 3.03. The predicted molar refractivity (Wildman–Crippen MR) is 119 cm³/mol. The Bertz CT molecular complexity index is 1240. The largest absolute Gasteiger partial charge is 0.378 e. The van der Waals surface area contributed by atoms with Gasteiger partial charge in [-0.05, 0) is 49.6 Å². The van der Waals surface area contributed by atoms with E-state index in [9.17, 15) is 0 Å². The second-order valence-corrected chi connectivity index (χ2v) is 8.66. The lowest BCUT2D eigenvalue weighted by Gasteiger charge is -2.43. The van der Waals surface area contributed by atoms with Crippen LogP contribution in [-0.2, 0) is 11.8 Å². The molecule has 0 spiro atoms. The minimum absolute atomic E-state index is 0.188. The van der Waals surface area contributed by atoms with Crippen molar-refractivity contribution in [1.82, 2.24) is 4.57 Å². The summed E-state index contributed by atoms with van der Waals surface area (Å²) in [7, 11) is 2.16. The minimum Gasteiger partial charge on any atom is -0.378 e. The second-order valence-electron chi connectivity index (χ2n) is 8.66. The molecule has 0 aliphatic carbocycles. The molecule has 29 heavy (non-hydrogen) atoms. The Labute approximate surface area is 171 Å². The third-order valence-corrected chi connectivity index (χ3v) is 6.92. The van der Waals surface area contributed by atoms with Crippen LogP contribution in [0.4, 0.5) is 5.69 Å². The Morgan fingerprint density at radius 3 is 2.76 bits per heavy atom. The van der Waals surface area contributed by atoms with Crippen LogP contribution in [0, 0.1) is 12.8 Å². The van der Waals surface area contributed by atoms with Gasteiger partial charge in [-0.15, -0.1) is 0 Å². The zero-order chi connectivity index (χ0) is 19.5. The molecule has 0 amide bonds. The summed E-state index contributed by atoms with van der Waals surface area (Å²) < 4.78 is 8.63. The van der Waals surface area contributed by atoms with Crippen LogP contribution in [0.3, 0.4) is 0 Å². The van der Waals surface area contributed by atoms with Crippen molar-refractivity contribution < 1.29 is 4.74 Å². The van der Waals surface area contributed by atoms with E-state index in [1.165, 1.54) is 50.6 Å². The molecule has 0 saturated carbocycles. The highest BCUT2D eigenvalue weighted by Gasteiger charge is 2.39. The van der Waals surface area contributed by atoms with Crippen LogP contribution in [0.1, 0.15) is 41.7 Å². The maximum absolute atomic E-state index is 6.33. The van der Waals surface area contributed by atoms with Gasteiger partial charge in [0.05, 0.1) is 12.1 Å². The highest BCUT2D eigenvalue weighted by Crippen LogP contribution is 2.49. The van der Waals surface area contributed by atoms with Gasteiger partial charge in [0.15, 0.2) is 0 Å². The number of aryl methyl sites for hydroxylation is 2. The van der Waals surface area contributed by atoms with Crippen molar-refractivity contribution in [2.75, 3.05) is 11.9 Å². The smallest absolute Gasteiger partial charge is 0.0895 e. The SMILES string of the molecule is Cc1ccc2c(c1)[C@@H]1OCCC[C@@H]1[C@@H](c1ccc3c(c1)c1ccccc1n3C)N2. The Morgan fingerprint density at radius 2 is 1.83 bits per heavy atom. The molecule has 0 unspecified atom stereocenters. The number of anilines is 1. The summed E-state index contributed by atoms with van der Waals surface area (Å²) in [5.74, 6) is 0.463. The molecule has 1 fully saturated rings. The fourth-order valence-corrected chi connectivity index (χ4v) is 5.50. The first-order valence-electron chi connectivity index (χ1n) is 10.7. The lowest BCUT2D eigenvalue weighted by atomic mass is 9.77. The summed E-state index contributed by atoms with van der Waals surface area (Å²) in [4.78, 5) is 0. The number of benzene rings is 3. The number of para-hydroxylation sites is 1. The van der Waals surface area contributed by atoms with Gasteiger partial charge in [-0.1, -0.05) is 42.0 Å². The molecule has 4 aromatic rings. The van der Waals surface area contributed by atoms with E-state index >= 15 is 0 Å². The highest BCUT2D eigenvalue weighted by atomic mass is 16.5. The average Bonchev–Trinajstić information content (AvgIpc) is 3.05. The second kappa shape index (κ2) is 6.36. The van der Waals surface area contributed by atoms with Crippen molar-refractivity contribution in [3.63, 3.8) is 0 Å². The summed E-state index contributed by atoms with van der Waals surface area (Å²) in [5.41, 5.74) is 7.79. The molecule has 6 rings (SSSR count). The molecule has 1 aromatic heterocycles. The van der Waals surface area contributed by atoms with Crippen molar-refractivity contribution >= 4 is 27.5 Å². The van der Waals surface area contributed by atoms with Gasteiger partial charge in [0.2, 0.25) is 0 Å². The molecule has 3 aromatic carbocycles. The molecule has 3 atom stereocenters. The van der Waals surface area contributed by atoms with Crippen LogP contribution < -0.4 is 5.32 Å². The van der Waals surface area contributed by atoms with E-state index in [-0.39, 0.29) is 12.1 Å². The number of fused-ring (bicyclic) bond motifs is 6. The van der Waals surface area contributed by atoms with E-state index in [0.717, 1.165) is 13.0 Å². The maximum atomic E-state index is 6.33. The number of hydrogen-bond donors (Lipinski definition) is 1. The molecular weight excluding hydrogens is 356 g/mol. The van der Waals surface area contributed by atoms with Gasteiger partial charge in [0.1, 0.15) is 0 Å². The molecule has 1 N–H and O–H groups in total. The summed E-state index contributed by atoms with van der Waals surface area (Å²) in [6.07, 6.45) is 2.52. The van der Waals surface area contributed by atoms with E-state index in [0.29, 0.717) is 5.92 Å². The fraction of sp³-hybridized carbons (Fsp3) is 0.308. The number of rotatable bonds is 1. The van der Waals surface area contributed by atoms with E-state index in [1.54, 1.807) is 0 Å². The van der Waals surface area contributed by atoms with Crippen LogP contribution in [0.15, 0.2) is 60.7 Å². The molecule has 0 radical (unpaired) electrons. The van der Waals surface area contributed by atoms with E-state index in [2.05, 4.69) is 84.5 Å². The number of nitrogens with zero attached hydrogens (tertiary/aromatic N) is 1. The van der Waals surface area contributed by atoms with Crippen molar-refractivity contribution in [2.24, 2.45) is 13.0 Å². The van der Waals surface area contributed by atoms with Crippen molar-refractivity contribution in [3.05, 3.63) is 77.4 Å². The van der Waals surface area contributed by atoms with Crippen LogP contribution in [0.25, 0.3) is 21.8 Å². The third-order valence-electron chi connectivity index (χ3n) is 6.92. The maximum Gasteiger partial charge on any atom is 0.0895 e. The standard InChI is InChI=1S/C26H26N2O/c1-16-9-11-22-21(14-16)26-19(7-5-13-29-26)25(27-22)17-10-12-24-20(15-17)18-6-3-4-8-23(18)28(24)2/h3-4,6,8-12,14-15,19,25-27H,5,7,13H2,1-2H3/t19-,25-,26-/m1/s1. The van der Waals surface area contributed by atoms with Gasteiger partial charge in [-0.3, -0.25) is 0 Å². The molecule has 2 aliphatic heterocycles. The van der Waals surface area contributed by atoms with E-state index in [1.807, 2.05) is 0 Å². The predicted octanol–water partition coefficient (Wildman–Crippen LogP) is 6.27. The zero-order valence-corrected chi connectivity index (χ0v) is 17.0. The van der Waals surface area contributed by atoms with Gasteiger partial charge < -0.3 is 14.6 Å². The van der Waals surface area contributed by atoms with Crippen LogP contribution in [0.2, 0.25) is 0 Å². The van der Waals surface area contributed by atoms with E-state index in [4.69, 9.17) is 4.74 Å². The number of ether oxygens (including phenoxy) is 1. The molecule has 0 bridgehead atoms. The first-order valence-corrected chi connectivity index (χ1v) is 10.7. The lowest BCUT2D eigenvalue weighted by Crippen LogP contribution is -2.36. The third kappa shape index (κ3) is 2.54. The van der Waals surface area contributed by atoms with Crippen LogP contribution >= 0.6 is 0 Å². The molecule has 3 nitrogen and oxygen atoms in total. The van der Waals surface area contributed by atoms with Crippen molar-refractivity contribution in [3.8, 4) is 0 Å². The Kier molecular flexibility index (Phi) is 3.75. The monoisotopic (exact) mass is 382 g/mol. The fourth-order valence-electron chi connectivity index (χ4n) is 5.50. The first-order chi connectivity index (χ1) is 14.2. The quantitative estimate of drug-likeness (QED) is 0.420. The molecule has 2 aliphatic rings. The molecule has 3 heteroatoms. The first kappa shape index (κ1) is 17.1. The number of aromatic nitrogens is 1. The van der Waals surface area contributed by atoms with Crippen molar-refractivity contribution in [2.45, 2.75) is 31.9 Å². The van der Waals surface area contributed by atoms with Gasteiger partial charge in [0, 0.05) is 52.6 Å². The van der Waals surface area contributed by atoms with Crippen LogP contribution in [0.5, 0.6) is 0 Å². The highest BCUT2D eigenvalue weighted by molar-refractivity contribution is 6.08. The average molecular weight is 383 g/mol. The van der Waals surface area contributed by atoms with Crippen molar-refractivity contribution in [1.29, 1.82) is 0 Å². The topological polar surface area (TPSA) is 26.2 Å². The summed E-state index contributed by atoms with van der Waals surface area (Å²) in [6, 6.07) is 22.7. The summed E-state index contributed by atoms with van der Waals surface area (Å²) in [5, 5.41) is 6.54. The Hall–Kier alpha value is -2.78. The summed E-state index contributed by atoms with van der Waals surface area (Å²) >= 11 is 0. The minimum atomic E-state index is 0.188. The van der Waals surface area contributed by atoms with Gasteiger partial charge in [-0.25, -0.2) is 0 Å². The Morgan fingerprint density at radius 1 is 0.966 bits per heavy atom. The van der Waals surface area contributed by atoms with Crippen LogP contribution in [-0.4, -0.2) is 11.2 Å². The number of hydrogen-bond acceptors (Lipinski definition) is 2. The molecule has 146 valence electrons. The Balaban J connectivity index is 1.51. The molecule has 1 saturated heterocycles. The molecular formula is C26H26N2O. The van der Waals surface area contributed by atoms with Gasteiger partial charge in [0.25, 0.3) is 0 Å².